The molecule has 1 amide bonds. The number of carbonyl (C=O) groups is 2. The predicted octanol–water partition coefficient (Wildman–Crippen LogP) is 4.61. The lowest BCUT2D eigenvalue weighted by Crippen LogP contribution is -2.21. The molecule has 7 heteroatoms. The van der Waals surface area contributed by atoms with E-state index in [-0.39, 0.29) is 28.7 Å². The lowest BCUT2D eigenvalue weighted by atomic mass is 10.1. The van der Waals surface area contributed by atoms with E-state index >= 15 is 0 Å². The van der Waals surface area contributed by atoms with Gasteiger partial charge in [0.25, 0.3) is 5.91 Å². The van der Waals surface area contributed by atoms with E-state index in [1.165, 1.54) is 19.1 Å². The van der Waals surface area contributed by atoms with Gasteiger partial charge in [-0.2, -0.15) is 0 Å². The van der Waals surface area contributed by atoms with E-state index < -0.39 is 5.91 Å². The van der Waals surface area contributed by atoms with Gasteiger partial charge < -0.3 is 14.8 Å². The zero-order valence-electron chi connectivity index (χ0n) is 13.8. The monoisotopic (exact) mass is 381 g/mol. The molecule has 2 aromatic carbocycles. The maximum absolute atomic E-state index is 12.2. The molecule has 0 radical (unpaired) electrons. The summed E-state index contributed by atoms with van der Waals surface area (Å²) in [5.74, 6) is 0.0216. The highest BCUT2D eigenvalue weighted by Gasteiger charge is 2.16. The molecule has 0 aliphatic heterocycles. The molecule has 0 aliphatic rings. The third kappa shape index (κ3) is 5.11. The third-order valence-electron chi connectivity index (χ3n) is 3.20. The molecule has 25 heavy (non-hydrogen) atoms. The summed E-state index contributed by atoms with van der Waals surface area (Å²) < 4.78 is 10.9. The van der Waals surface area contributed by atoms with Gasteiger partial charge in [-0.15, -0.1) is 0 Å². The van der Waals surface area contributed by atoms with E-state index in [0.717, 1.165) is 0 Å². The molecule has 0 saturated heterocycles. The fraction of sp³-hybridized carbons (Fsp3) is 0.222. The number of Topliss-reactive ketones (excluding diaryl/α,β-unsaturated/α-hetero) is 1. The van der Waals surface area contributed by atoms with Gasteiger partial charge in [0.2, 0.25) is 0 Å². The van der Waals surface area contributed by atoms with Crippen LogP contribution in [0.25, 0.3) is 0 Å². The number of halogens is 2. The van der Waals surface area contributed by atoms with Crippen LogP contribution in [0.1, 0.15) is 24.2 Å². The fourth-order valence-corrected chi connectivity index (χ4v) is 2.69. The summed E-state index contributed by atoms with van der Waals surface area (Å²) in [6.45, 7) is 3.38. The van der Waals surface area contributed by atoms with Gasteiger partial charge in [-0.05, 0) is 38.1 Å². The van der Waals surface area contributed by atoms with E-state index in [2.05, 4.69) is 5.32 Å². The molecule has 2 rings (SSSR count). The van der Waals surface area contributed by atoms with Gasteiger partial charge in [0.1, 0.15) is 11.5 Å². The molecular weight excluding hydrogens is 365 g/mol. The number of hydrogen-bond donors (Lipinski definition) is 1. The van der Waals surface area contributed by atoms with Crippen LogP contribution in [0.15, 0.2) is 36.4 Å². The highest BCUT2D eigenvalue weighted by molar-refractivity contribution is 6.36. The number of carbonyl (C=O) groups excluding carboxylic acids is 2. The smallest absolute Gasteiger partial charge is 0.262 e. The Balaban J connectivity index is 2.10. The van der Waals surface area contributed by atoms with Crippen LogP contribution in [0.5, 0.6) is 11.5 Å². The Morgan fingerprint density at radius 3 is 2.52 bits per heavy atom. The number of rotatable bonds is 7. The lowest BCUT2D eigenvalue weighted by molar-refractivity contribution is -0.118. The number of ketones is 1. The molecule has 0 saturated carbocycles. The molecule has 132 valence electrons. The summed E-state index contributed by atoms with van der Waals surface area (Å²) in [7, 11) is 0. The Kier molecular flexibility index (Phi) is 6.67. The number of anilines is 1. The zero-order valence-corrected chi connectivity index (χ0v) is 15.3. The molecule has 1 N–H and O–H groups in total. The van der Waals surface area contributed by atoms with Crippen molar-refractivity contribution in [3.63, 3.8) is 0 Å². The second-order valence-corrected chi connectivity index (χ2v) is 5.93. The number of nitrogens with one attached hydrogen (secondary N) is 1. The maximum Gasteiger partial charge on any atom is 0.262 e. The van der Waals surface area contributed by atoms with Crippen molar-refractivity contribution < 1.29 is 19.1 Å². The second-order valence-electron chi connectivity index (χ2n) is 5.09. The standard InChI is InChI=1S/C18H17Cl2NO4/c1-3-24-16-7-5-4-6-15(16)21-17(23)10-25-18-13(11(2)22)8-12(19)9-14(18)20/h4-9H,3,10H2,1-2H3,(H,21,23). The van der Waals surface area contributed by atoms with Gasteiger partial charge in [-0.1, -0.05) is 35.3 Å². The minimum atomic E-state index is -0.410. The van der Waals surface area contributed by atoms with Gasteiger partial charge in [-0.3, -0.25) is 9.59 Å². The second kappa shape index (κ2) is 8.74. The van der Waals surface area contributed by atoms with Gasteiger partial charge in [0.15, 0.2) is 12.4 Å². The van der Waals surface area contributed by atoms with E-state index in [0.29, 0.717) is 23.1 Å². The number of para-hydroxylation sites is 2. The van der Waals surface area contributed by atoms with Crippen molar-refractivity contribution in [1.82, 2.24) is 0 Å². The van der Waals surface area contributed by atoms with Gasteiger partial charge in [0, 0.05) is 5.02 Å². The van der Waals surface area contributed by atoms with E-state index in [1.54, 1.807) is 18.2 Å². The maximum atomic E-state index is 12.2. The first-order valence-electron chi connectivity index (χ1n) is 7.56. The fourth-order valence-electron chi connectivity index (χ4n) is 2.14. The first-order chi connectivity index (χ1) is 11.9. The largest absolute Gasteiger partial charge is 0.492 e. The van der Waals surface area contributed by atoms with Crippen LogP contribution in [0.2, 0.25) is 10.0 Å². The summed E-state index contributed by atoms with van der Waals surface area (Å²) in [5.41, 5.74) is 0.756. The molecule has 0 aromatic heterocycles. The lowest BCUT2D eigenvalue weighted by Gasteiger charge is -2.14. The number of amides is 1. The van der Waals surface area contributed by atoms with Gasteiger partial charge in [0.05, 0.1) is 22.9 Å². The van der Waals surface area contributed by atoms with Crippen molar-refractivity contribution >= 4 is 40.6 Å². The van der Waals surface area contributed by atoms with Crippen LogP contribution < -0.4 is 14.8 Å². The summed E-state index contributed by atoms with van der Waals surface area (Å²) >= 11 is 12.0. The molecule has 0 atom stereocenters. The molecule has 0 aliphatic carbocycles. The topological polar surface area (TPSA) is 64.6 Å². The Morgan fingerprint density at radius 2 is 1.84 bits per heavy atom. The van der Waals surface area contributed by atoms with Crippen molar-refractivity contribution in [2.24, 2.45) is 0 Å². The van der Waals surface area contributed by atoms with Crippen LogP contribution in [0.4, 0.5) is 5.69 Å². The van der Waals surface area contributed by atoms with Crippen molar-refractivity contribution in [2.45, 2.75) is 13.8 Å². The average molecular weight is 382 g/mol. The Labute approximate surface area is 155 Å². The van der Waals surface area contributed by atoms with Crippen LogP contribution in [-0.4, -0.2) is 24.9 Å². The van der Waals surface area contributed by atoms with E-state index in [1.807, 2.05) is 13.0 Å². The van der Waals surface area contributed by atoms with Crippen molar-refractivity contribution in [2.75, 3.05) is 18.5 Å². The molecular formula is C18H17Cl2NO4. The first-order valence-corrected chi connectivity index (χ1v) is 8.32. The molecule has 5 nitrogen and oxygen atoms in total. The molecule has 0 spiro atoms. The van der Waals surface area contributed by atoms with Crippen LogP contribution in [0, 0.1) is 0 Å². The van der Waals surface area contributed by atoms with Gasteiger partial charge in [-0.25, -0.2) is 0 Å². The van der Waals surface area contributed by atoms with E-state index in [9.17, 15) is 9.59 Å². The quantitative estimate of drug-likeness (QED) is 0.711. The van der Waals surface area contributed by atoms with Crippen molar-refractivity contribution in [3.05, 3.63) is 52.0 Å². The average Bonchev–Trinajstić information content (AvgIpc) is 2.55. The summed E-state index contributed by atoms with van der Waals surface area (Å²) in [6, 6.07) is 9.97. The minimum Gasteiger partial charge on any atom is -0.492 e. The zero-order chi connectivity index (χ0) is 18.4. The normalized spacial score (nSPS) is 10.2. The number of hydrogen-bond acceptors (Lipinski definition) is 4. The Bertz CT molecular complexity index is 793. The summed E-state index contributed by atoms with van der Waals surface area (Å²) in [5, 5.41) is 3.19. The van der Waals surface area contributed by atoms with Gasteiger partial charge >= 0.3 is 0 Å². The predicted molar refractivity (Wildman–Crippen MR) is 98.2 cm³/mol. The van der Waals surface area contributed by atoms with Crippen LogP contribution >= 0.6 is 23.2 Å². The molecule has 0 heterocycles. The SMILES string of the molecule is CCOc1ccccc1NC(=O)COc1c(Cl)cc(Cl)cc1C(C)=O. The number of ether oxygens (including phenoxy) is 2. The molecule has 2 aromatic rings. The van der Waals surface area contributed by atoms with E-state index in [4.69, 9.17) is 32.7 Å². The van der Waals surface area contributed by atoms with Crippen LogP contribution in [0.3, 0.4) is 0 Å². The van der Waals surface area contributed by atoms with Crippen LogP contribution in [-0.2, 0) is 4.79 Å². The molecule has 0 fully saturated rings. The highest BCUT2D eigenvalue weighted by atomic mass is 35.5. The van der Waals surface area contributed by atoms with Crippen molar-refractivity contribution in [3.8, 4) is 11.5 Å². The van der Waals surface area contributed by atoms with Crippen molar-refractivity contribution in [1.29, 1.82) is 0 Å². The third-order valence-corrected chi connectivity index (χ3v) is 3.70. The summed E-state index contributed by atoms with van der Waals surface area (Å²) in [6.07, 6.45) is 0. The minimum absolute atomic E-state index is 0.131. The molecule has 0 unspecified atom stereocenters. The first kappa shape index (κ1) is 19.1. The summed E-state index contributed by atoms with van der Waals surface area (Å²) in [4.78, 5) is 23.9. The Hall–Kier alpha value is -2.24. The highest BCUT2D eigenvalue weighted by Crippen LogP contribution is 2.33. The molecule has 0 bridgehead atoms. The Morgan fingerprint density at radius 1 is 1.12 bits per heavy atom. The number of benzene rings is 2.